The van der Waals surface area contributed by atoms with E-state index in [9.17, 15) is 14.0 Å². The van der Waals surface area contributed by atoms with Crippen LogP contribution in [0, 0.1) is 5.82 Å². The van der Waals surface area contributed by atoms with Crippen LogP contribution in [0.5, 0.6) is 0 Å². The molecule has 3 rings (SSSR count). The molecule has 2 aromatic rings. The molecular weight excluding hydrogens is 415 g/mol. The number of hydrogen-bond donors (Lipinski definition) is 0. The lowest BCUT2D eigenvalue weighted by Gasteiger charge is -2.26. The Morgan fingerprint density at radius 1 is 1.22 bits per heavy atom. The van der Waals surface area contributed by atoms with Crippen molar-refractivity contribution >= 4 is 39.3 Å². The first-order valence-corrected chi connectivity index (χ1v) is 9.33. The maximum atomic E-state index is 13.1. The molecule has 1 aliphatic rings. The lowest BCUT2D eigenvalue weighted by Crippen LogP contribution is -2.41. The van der Waals surface area contributed by atoms with E-state index in [0.29, 0.717) is 18.1 Å². The number of rotatable bonds is 5. The molecule has 6 nitrogen and oxygen atoms in total. The zero-order valence-electron chi connectivity index (χ0n) is 14.7. The SMILES string of the molecule is CCN(C(=O)C1=NN(Cc2ccc(F)cc2)C(=O)CC1)c1ccc(Br)cn1. The summed E-state index contributed by atoms with van der Waals surface area (Å²) in [6, 6.07) is 9.41. The number of carbonyl (C=O) groups excluding carboxylic acids is 2. The van der Waals surface area contributed by atoms with E-state index in [-0.39, 0.29) is 37.0 Å². The molecule has 8 heteroatoms. The van der Waals surface area contributed by atoms with Crippen molar-refractivity contribution < 1.29 is 14.0 Å². The van der Waals surface area contributed by atoms with Gasteiger partial charge in [-0.3, -0.25) is 14.5 Å². The van der Waals surface area contributed by atoms with Crippen LogP contribution < -0.4 is 4.90 Å². The van der Waals surface area contributed by atoms with Gasteiger partial charge >= 0.3 is 0 Å². The molecule has 27 heavy (non-hydrogen) atoms. The lowest BCUT2D eigenvalue weighted by molar-refractivity contribution is -0.132. The second-order valence-electron chi connectivity index (χ2n) is 6.01. The Hall–Kier alpha value is -2.61. The van der Waals surface area contributed by atoms with Crippen molar-refractivity contribution in [1.29, 1.82) is 0 Å². The highest BCUT2D eigenvalue weighted by Gasteiger charge is 2.28. The minimum absolute atomic E-state index is 0.166. The molecule has 0 N–H and O–H groups in total. The Labute approximate surface area is 164 Å². The summed E-state index contributed by atoms with van der Waals surface area (Å²) in [6.45, 7) is 2.48. The zero-order chi connectivity index (χ0) is 19.4. The summed E-state index contributed by atoms with van der Waals surface area (Å²) in [7, 11) is 0. The monoisotopic (exact) mass is 432 g/mol. The van der Waals surface area contributed by atoms with Crippen LogP contribution in [0.2, 0.25) is 0 Å². The van der Waals surface area contributed by atoms with E-state index in [1.54, 1.807) is 24.4 Å². The molecule has 1 aromatic carbocycles. The molecule has 0 atom stereocenters. The summed E-state index contributed by atoms with van der Waals surface area (Å²) in [5.74, 6) is -0.260. The van der Waals surface area contributed by atoms with E-state index in [4.69, 9.17) is 0 Å². The maximum absolute atomic E-state index is 13.1. The molecule has 140 valence electrons. The Bertz CT molecular complexity index is 868. The second kappa shape index (κ2) is 8.39. The first kappa shape index (κ1) is 19.2. The van der Waals surface area contributed by atoms with Crippen LogP contribution in [0.3, 0.4) is 0 Å². The molecule has 0 spiro atoms. The number of nitrogens with zero attached hydrogens (tertiary/aromatic N) is 4. The molecule has 1 aromatic heterocycles. The third-order valence-corrected chi connectivity index (χ3v) is 4.62. The van der Waals surface area contributed by atoms with Gasteiger partial charge in [-0.1, -0.05) is 12.1 Å². The summed E-state index contributed by atoms with van der Waals surface area (Å²) in [6.07, 6.45) is 2.11. The number of amides is 2. The van der Waals surface area contributed by atoms with Crippen LogP contribution in [0.25, 0.3) is 0 Å². The Balaban J connectivity index is 1.81. The normalized spacial score (nSPS) is 14.1. The van der Waals surface area contributed by atoms with Crippen LogP contribution >= 0.6 is 15.9 Å². The average molecular weight is 433 g/mol. The summed E-state index contributed by atoms with van der Waals surface area (Å²) in [5.41, 5.74) is 1.05. The third kappa shape index (κ3) is 4.57. The van der Waals surface area contributed by atoms with E-state index >= 15 is 0 Å². The van der Waals surface area contributed by atoms with E-state index in [1.165, 1.54) is 22.0 Å². The molecule has 0 radical (unpaired) electrons. The van der Waals surface area contributed by atoms with Crippen LogP contribution in [-0.4, -0.2) is 34.1 Å². The van der Waals surface area contributed by atoms with Crippen LogP contribution in [-0.2, 0) is 16.1 Å². The molecule has 0 saturated heterocycles. The number of halogens is 2. The lowest BCUT2D eigenvalue weighted by atomic mass is 10.1. The van der Waals surface area contributed by atoms with Gasteiger partial charge in [-0.15, -0.1) is 0 Å². The number of hydrazone groups is 1. The van der Waals surface area contributed by atoms with Gasteiger partial charge < -0.3 is 0 Å². The minimum atomic E-state index is -0.344. The molecule has 0 unspecified atom stereocenters. The fourth-order valence-electron chi connectivity index (χ4n) is 2.73. The van der Waals surface area contributed by atoms with Gasteiger partial charge in [0, 0.05) is 30.1 Å². The maximum Gasteiger partial charge on any atom is 0.275 e. The van der Waals surface area contributed by atoms with Crippen LogP contribution in [0.15, 0.2) is 52.2 Å². The summed E-state index contributed by atoms with van der Waals surface area (Å²) >= 11 is 3.32. The Kier molecular flexibility index (Phi) is 5.95. The second-order valence-corrected chi connectivity index (χ2v) is 6.92. The van der Waals surface area contributed by atoms with Crippen molar-refractivity contribution in [2.75, 3.05) is 11.4 Å². The van der Waals surface area contributed by atoms with E-state index < -0.39 is 0 Å². The minimum Gasteiger partial charge on any atom is -0.292 e. The number of benzene rings is 1. The molecule has 0 aliphatic carbocycles. The average Bonchev–Trinajstić information content (AvgIpc) is 2.67. The molecule has 2 amide bonds. The quantitative estimate of drug-likeness (QED) is 0.725. The van der Waals surface area contributed by atoms with Crippen molar-refractivity contribution in [2.45, 2.75) is 26.3 Å². The molecule has 2 heterocycles. The summed E-state index contributed by atoms with van der Waals surface area (Å²) in [5, 5.41) is 5.54. The van der Waals surface area contributed by atoms with Crippen molar-refractivity contribution in [1.82, 2.24) is 9.99 Å². The van der Waals surface area contributed by atoms with E-state index in [0.717, 1.165) is 10.0 Å². The molecule has 0 bridgehead atoms. The highest BCUT2D eigenvalue weighted by Crippen LogP contribution is 2.19. The van der Waals surface area contributed by atoms with Gasteiger partial charge in [0.2, 0.25) is 5.91 Å². The van der Waals surface area contributed by atoms with Crippen molar-refractivity contribution in [3.8, 4) is 0 Å². The van der Waals surface area contributed by atoms with Gasteiger partial charge in [0.1, 0.15) is 17.3 Å². The topological polar surface area (TPSA) is 65.9 Å². The largest absolute Gasteiger partial charge is 0.292 e. The highest BCUT2D eigenvalue weighted by atomic mass is 79.9. The Morgan fingerprint density at radius 3 is 2.59 bits per heavy atom. The predicted octanol–water partition coefficient (Wildman–Crippen LogP) is 3.51. The molecule has 1 aliphatic heterocycles. The first-order valence-electron chi connectivity index (χ1n) is 8.53. The summed E-state index contributed by atoms with van der Waals surface area (Å²) in [4.78, 5) is 30.9. The van der Waals surface area contributed by atoms with Crippen molar-refractivity contribution in [3.05, 3.63) is 58.4 Å². The molecule has 0 fully saturated rings. The highest BCUT2D eigenvalue weighted by molar-refractivity contribution is 9.10. The fraction of sp³-hybridized carbons (Fsp3) is 0.263. The van der Waals surface area contributed by atoms with Gasteiger partial charge in [-0.25, -0.2) is 14.4 Å². The van der Waals surface area contributed by atoms with Gasteiger partial charge in [-0.05, 0) is 52.7 Å². The van der Waals surface area contributed by atoms with Crippen molar-refractivity contribution in [2.24, 2.45) is 5.10 Å². The number of anilines is 1. The molecular formula is C19H18BrFN4O2. The van der Waals surface area contributed by atoms with E-state index in [1.807, 2.05) is 13.0 Å². The zero-order valence-corrected chi connectivity index (χ0v) is 16.3. The molecule has 0 saturated carbocycles. The van der Waals surface area contributed by atoms with Crippen LogP contribution in [0.4, 0.5) is 10.2 Å². The smallest absolute Gasteiger partial charge is 0.275 e. The standard InChI is InChI=1S/C19H18BrFN4O2/c1-2-24(17-9-5-14(20)11-22-17)19(27)16-8-10-18(26)25(23-16)12-13-3-6-15(21)7-4-13/h3-7,9,11H,2,8,10,12H2,1H3. The van der Waals surface area contributed by atoms with Gasteiger partial charge in [0.15, 0.2) is 0 Å². The van der Waals surface area contributed by atoms with Crippen molar-refractivity contribution in [3.63, 3.8) is 0 Å². The number of hydrogen-bond acceptors (Lipinski definition) is 4. The number of pyridine rings is 1. The van der Waals surface area contributed by atoms with Crippen LogP contribution in [0.1, 0.15) is 25.3 Å². The van der Waals surface area contributed by atoms with E-state index in [2.05, 4.69) is 26.0 Å². The summed E-state index contributed by atoms with van der Waals surface area (Å²) < 4.78 is 13.9. The third-order valence-electron chi connectivity index (χ3n) is 4.15. The van der Waals surface area contributed by atoms with Gasteiger partial charge in [-0.2, -0.15) is 5.10 Å². The number of carbonyl (C=O) groups is 2. The van der Waals surface area contributed by atoms with Gasteiger partial charge in [0.05, 0.1) is 6.54 Å². The Morgan fingerprint density at radius 2 is 1.96 bits per heavy atom. The number of aromatic nitrogens is 1. The predicted molar refractivity (Wildman–Crippen MR) is 104 cm³/mol. The first-order chi connectivity index (χ1) is 13.0. The van der Waals surface area contributed by atoms with Gasteiger partial charge in [0.25, 0.3) is 5.91 Å². The fourth-order valence-corrected chi connectivity index (χ4v) is 2.97.